The lowest BCUT2D eigenvalue weighted by molar-refractivity contribution is 0.232. The molecule has 3 heteroatoms. The van der Waals surface area contributed by atoms with Crippen LogP contribution in [-0.2, 0) is 0 Å². The molecule has 0 aliphatic rings. The fourth-order valence-corrected chi connectivity index (χ4v) is 0.820. The van der Waals surface area contributed by atoms with E-state index in [0.717, 1.165) is 6.42 Å². The molecule has 0 aromatic heterocycles. The van der Waals surface area contributed by atoms with Crippen molar-refractivity contribution in [1.82, 2.24) is 10.6 Å². The Hall–Kier alpha value is -0.990. The number of rotatable bonds is 3. The third-order valence-corrected chi connectivity index (χ3v) is 1.32. The zero-order valence-electron chi connectivity index (χ0n) is 8.98. The van der Waals surface area contributed by atoms with Crippen LogP contribution in [0.2, 0.25) is 0 Å². The molecule has 0 aromatic rings. The highest BCUT2D eigenvalue weighted by Gasteiger charge is 2.12. The van der Waals surface area contributed by atoms with Gasteiger partial charge >= 0.3 is 6.03 Å². The largest absolute Gasteiger partial charge is 0.338 e. The molecule has 0 unspecified atom stereocenters. The van der Waals surface area contributed by atoms with E-state index in [0.29, 0.717) is 6.54 Å². The number of nitrogens with one attached hydrogen (secondary N) is 2. The lowest BCUT2D eigenvalue weighted by Gasteiger charge is -2.20. The van der Waals surface area contributed by atoms with Crippen LogP contribution in [0.15, 0.2) is 12.2 Å². The summed E-state index contributed by atoms with van der Waals surface area (Å²) in [6, 6.07) is -0.1000. The third kappa shape index (κ3) is 8.92. The van der Waals surface area contributed by atoms with E-state index in [1.54, 1.807) is 0 Å². The molecule has 0 atom stereocenters. The van der Waals surface area contributed by atoms with E-state index in [1.807, 2.05) is 39.8 Å². The van der Waals surface area contributed by atoms with E-state index >= 15 is 0 Å². The average Bonchev–Trinajstić information content (AvgIpc) is 1.94. The molecule has 0 heterocycles. The molecule has 0 saturated heterocycles. The third-order valence-electron chi connectivity index (χ3n) is 1.32. The van der Waals surface area contributed by atoms with Crippen molar-refractivity contribution >= 4 is 6.03 Å². The van der Waals surface area contributed by atoms with Crippen LogP contribution < -0.4 is 10.6 Å². The van der Waals surface area contributed by atoms with Crippen LogP contribution in [0.3, 0.4) is 0 Å². The van der Waals surface area contributed by atoms with Crippen molar-refractivity contribution in [3.63, 3.8) is 0 Å². The molecular formula is C10H20N2O. The van der Waals surface area contributed by atoms with Crippen molar-refractivity contribution < 1.29 is 4.79 Å². The molecule has 0 aliphatic heterocycles. The Morgan fingerprint density at radius 1 is 1.38 bits per heavy atom. The summed E-state index contributed by atoms with van der Waals surface area (Å²) in [4.78, 5) is 11.2. The second-order valence-corrected chi connectivity index (χ2v) is 3.99. The Morgan fingerprint density at radius 3 is 2.46 bits per heavy atom. The number of carbonyl (C=O) groups is 1. The highest BCUT2D eigenvalue weighted by molar-refractivity contribution is 5.74. The summed E-state index contributed by atoms with van der Waals surface area (Å²) >= 11 is 0. The maximum absolute atomic E-state index is 11.2. The van der Waals surface area contributed by atoms with Crippen LogP contribution in [0.1, 0.15) is 34.1 Å². The summed E-state index contributed by atoms with van der Waals surface area (Å²) in [5.41, 5.74) is -0.162. The standard InChI is InChI=1S/C10H20N2O/c1-5-6-7-8-11-9(13)12-10(2,3)4/h5-6H,7-8H2,1-4H3,(H2,11,12,13)/b6-5+. The molecular weight excluding hydrogens is 164 g/mol. The first kappa shape index (κ1) is 12.0. The normalized spacial score (nSPS) is 11.7. The molecule has 2 N–H and O–H groups in total. The van der Waals surface area contributed by atoms with Gasteiger partial charge in [-0.05, 0) is 34.1 Å². The molecule has 0 radical (unpaired) electrons. The first-order chi connectivity index (χ1) is 5.95. The summed E-state index contributed by atoms with van der Waals surface area (Å²) in [5.74, 6) is 0. The predicted molar refractivity (Wildman–Crippen MR) is 55.7 cm³/mol. The first-order valence-electron chi connectivity index (χ1n) is 4.63. The van der Waals surface area contributed by atoms with Gasteiger partial charge in [-0.1, -0.05) is 12.2 Å². The van der Waals surface area contributed by atoms with Crippen molar-refractivity contribution in [2.24, 2.45) is 0 Å². The van der Waals surface area contributed by atoms with Gasteiger partial charge in [0.2, 0.25) is 0 Å². The number of carbonyl (C=O) groups excluding carboxylic acids is 1. The van der Waals surface area contributed by atoms with Gasteiger partial charge in [0.25, 0.3) is 0 Å². The fraction of sp³-hybridized carbons (Fsp3) is 0.700. The lowest BCUT2D eigenvalue weighted by atomic mass is 10.1. The van der Waals surface area contributed by atoms with E-state index in [2.05, 4.69) is 10.6 Å². The topological polar surface area (TPSA) is 41.1 Å². The van der Waals surface area contributed by atoms with Crippen molar-refractivity contribution in [2.75, 3.05) is 6.54 Å². The molecule has 0 spiro atoms. The van der Waals surface area contributed by atoms with Gasteiger partial charge in [0.15, 0.2) is 0 Å². The Kier molecular flexibility index (Phi) is 5.19. The zero-order chi connectivity index (χ0) is 10.3. The number of allylic oxidation sites excluding steroid dienone is 1. The summed E-state index contributed by atoms with van der Waals surface area (Å²) < 4.78 is 0. The molecule has 0 saturated carbocycles. The minimum atomic E-state index is -0.162. The maximum atomic E-state index is 11.2. The Bertz CT molecular complexity index is 180. The lowest BCUT2D eigenvalue weighted by Crippen LogP contribution is -2.46. The Balaban J connectivity index is 3.52. The fourth-order valence-electron chi connectivity index (χ4n) is 0.820. The Morgan fingerprint density at radius 2 is 2.00 bits per heavy atom. The van der Waals surface area contributed by atoms with Crippen LogP contribution in [0.25, 0.3) is 0 Å². The van der Waals surface area contributed by atoms with E-state index in [-0.39, 0.29) is 11.6 Å². The van der Waals surface area contributed by atoms with Gasteiger partial charge in [0, 0.05) is 12.1 Å². The molecule has 0 bridgehead atoms. The number of hydrogen-bond acceptors (Lipinski definition) is 1. The van der Waals surface area contributed by atoms with Gasteiger partial charge in [0.1, 0.15) is 0 Å². The van der Waals surface area contributed by atoms with E-state index in [9.17, 15) is 4.79 Å². The molecule has 0 aliphatic carbocycles. The minimum absolute atomic E-state index is 0.1000. The van der Waals surface area contributed by atoms with Crippen LogP contribution in [0.5, 0.6) is 0 Å². The van der Waals surface area contributed by atoms with E-state index in [4.69, 9.17) is 0 Å². The summed E-state index contributed by atoms with van der Waals surface area (Å²) in [7, 11) is 0. The average molecular weight is 184 g/mol. The van der Waals surface area contributed by atoms with Crippen LogP contribution in [0, 0.1) is 0 Å². The van der Waals surface area contributed by atoms with Crippen LogP contribution in [0.4, 0.5) is 4.79 Å². The van der Waals surface area contributed by atoms with Crippen molar-refractivity contribution in [3.8, 4) is 0 Å². The molecule has 76 valence electrons. The summed E-state index contributed by atoms with van der Waals surface area (Å²) in [6.07, 6.45) is 4.88. The minimum Gasteiger partial charge on any atom is -0.338 e. The second-order valence-electron chi connectivity index (χ2n) is 3.99. The zero-order valence-corrected chi connectivity index (χ0v) is 8.98. The SMILES string of the molecule is C/C=C/CCNC(=O)NC(C)(C)C. The summed E-state index contributed by atoms with van der Waals surface area (Å²) in [5, 5.41) is 5.59. The number of hydrogen-bond donors (Lipinski definition) is 2. The number of amides is 2. The van der Waals surface area contributed by atoms with E-state index in [1.165, 1.54) is 0 Å². The van der Waals surface area contributed by atoms with Crippen LogP contribution in [-0.4, -0.2) is 18.1 Å². The first-order valence-corrected chi connectivity index (χ1v) is 4.63. The van der Waals surface area contributed by atoms with Crippen molar-refractivity contribution in [3.05, 3.63) is 12.2 Å². The van der Waals surface area contributed by atoms with Crippen LogP contribution >= 0.6 is 0 Å². The predicted octanol–water partition coefficient (Wildman–Crippen LogP) is 2.05. The molecule has 0 fully saturated rings. The molecule has 0 aromatic carbocycles. The number of urea groups is 1. The van der Waals surface area contributed by atoms with Gasteiger partial charge in [-0.2, -0.15) is 0 Å². The highest BCUT2D eigenvalue weighted by atomic mass is 16.2. The summed E-state index contributed by atoms with van der Waals surface area (Å²) in [6.45, 7) is 8.52. The monoisotopic (exact) mass is 184 g/mol. The van der Waals surface area contributed by atoms with Crippen molar-refractivity contribution in [2.45, 2.75) is 39.7 Å². The quantitative estimate of drug-likeness (QED) is 0.511. The molecule has 2 amide bonds. The van der Waals surface area contributed by atoms with Gasteiger partial charge in [0.05, 0.1) is 0 Å². The maximum Gasteiger partial charge on any atom is 0.315 e. The van der Waals surface area contributed by atoms with Gasteiger partial charge in [-0.15, -0.1) is 0 Å². The van der Waals surface area contributed by atoms with Crippen molar-refractivity contribution in [1.29, 1.82) is 0 Å². The molecule has 3 nitrogen and oxygen atoms in total. The molecule has 0 rings (SSSR count). The van der Waals surface area contributed by atoms with Gasteiger partial charge < -0.3 is 10.6 Å². The molecule has 13 heavy (non-hydrogen) atoms. The smallest absolute Gasteiger partial charge is 0.315 e. The Labute approximate surface area is 80.6 Å². The highest BCUT2D eigenvalue weighted by Crippen LogP contribution is 1.97. The second kappa shape index (κ2) is 5.62. The van der Waals surface area contributed by atoms with E-state index < -0.39 is 0 Å². The van der Waals surface area contributed by atoms with Gasteiger partial charge in [-0.25, -0.2) is 4.79 Å². The van der Waals surface area contributed by atoms with Gasteiger partial charge in [-0.3, -0.25) is 0 Å².